The van der Waals surface area contributed by atoms with Crippen molar-refractivity contribution < 1.29 is 4.74 Å². The van der Waals surface area contributed by atoms with Gasteiger partial charge in [0, 0.05) is 32.0 Å². The summed E-state index contributed by atoms with van der Waals surface area (Å²) < 4.78 is 7.61. The zero-order valence-electron chi connectivity index (χ0n) is 12.5. The molecule has 4 nitrogen and oxygen atoms in total. The Morgan fingerprint density at radius 2 is 2.32 bits per heavy atom. The van der Waals surface area contributed by atoms with Crippen LogP contribution in [0.15, 0.2) is 6.20 Å². The van der Waals surface area contributed by atoms with Gasteiger partial charge in [0.25, 0.3) is 0 Å². The first-order valence-electron chi connectivity index (χ1n) is 7.57. The number of aryl methyl sites for hydroxylation is 2. The molecule has 1 saturated carbocycles. The molecule has 0 saturated heterocycles. The van der Waals surface area contributed by atoms with Crippen LogP contribution in [-0.4, -0.2) is 28.8 Å². The summed E-state index contributed by atoms with van der Waals surface area (Å²) in [5.74, 6) is 1.96. The Labute approximate surface area is 116 Å². The molecular formula is C15H27N3O. The van der Waals surface area contributed by atoms with Gasteiger partial charge in [-0.2, -0.15) is 0 Å². The van der Waals surface area contributed by atoms with Crippen LogP contribution in [0, 0.1) is 12.8 Å². The molecule has 1 N–H and O–H groups in total. The minimum absolute atomic E-state index is 0.514. The fraction of sp³-hybridized carbons (Fsp3) is 0.800. The van der Waals surface area contributed by atoms with E-state index in [4.69, 9.17) is 4.74 Å². The lowest BCUT2D eigenvalue weighted by Gasteiger charge is -2.15. The molecule has 108 valence electrons. The number of nitrogens with one attached hydrogen (secondary N) is 1. The number of hydrogen-bond donors (Lipinski definition) is 1. The van der Waals surface area contributed by atoms with Gasteiger partial charge in [-0.3, -0.25) is 0 Å². The predicted molar refractivity (Wildman–Crippen MR) is 78.5 cm³/mol. The Kier molecular flexibility index (Phi) is 5.25. The number of nitrogens with zero attached hydrogens (tertiary/aromatic N) is 2. The molecule has 1 atom stereocenters. The molecular weight excluding hydrogens is 238 g/mol. The van der Waals surface area contributed by atoms with Crippen LogP contribution in [-0.2, 0) is 11.3 Å². The van der Waals surface area contributed by atoms with E-state index >= 15 is 0 Å². The molecule has 0 amide bonds. The van der Waals surface area contributed by atoms with Crippen LogP contribution >= 0.6 is 0 Å². The molecule has 1 aromatic heterocycles. The minimum Gasteiger partial charge on any atom is -0.382 e. The van der Waals surface area contributed by atoms with Crippen LogP contribution < -0.4 is 5.32 Å². The van der Waals surface area contributed by atoms with E-state index in [0.29, 0.717) is 6.04 Å². The van der Waals surface area contributed by atoms with Crippen LogP contribution in [0.3, 0.4) is 0 Å². The summed E-state index contributed by atoms with van der Waals surface area (Å²) in [6.45, 7) is 8.94. The van der Waals surface area contributed by atoms with Crippen molar-refractivity contribution in [3.63, 3.8) is 0 Å². The van der Waals surface area contributed by atoms with Crippen molar-refractivity contribution in [2.24, 2.45) is 5.92 Å². The van der Waals surface area contributed by atoms with Gasteiger partial charge in [0.05, 0.1) is 5.69 Å². The minimum atomic E-state index is 0.514. The summed E-state index contributed by atoms with van der Waals surface area (Å²) in [5.41, 5.74) is 1.08. The summed E-state index contributed by atoms with van der Waals surface area (Å²) in [4.78, 5) is 4.59. The van der Waals surface area contributed by atoms with Crippen molar-refractivity contribution in [1.82, 2.24) is 9.55 Å². The van der Waals surface area contributed by atoms with Gasteiger partial charge in [-0.1, -0.05) is 12.8 Å². The van der Waals surface area contributed by atoms with Gasteiger partial charge in [-0.15, -0.1) is 0 Å². The summed E-state index contributed by atoms with van der Waals surface area (Å²) in [5, 5.41) is 3.55. The first-order chi connectivity index (χ1) is 9.19. The van der Waals surface area contributed by atoms with E-state index in [1.54, 1.807) is 0 Å². The Balaban J connectivity index is 1.83. The largest absolute Gasteiger partial charge is 0.382 e. The first-order valence-corrected chi connectivity index (χ1v) is 7.57. The number of aromatic nitrogens is 2. The molecule has 0 aromatic carbocycles. The third kappa shape index (κ3) is 4.86. The quantitative estimate of drug-likeness (QED) is 0.697. The fourth-order valence-corrected chi connectivity index (χ4v) is 2.45. The van der Waals surface area contributed by atoms with Gasteiger partial charge in [-0.05, 0) is 39.5 Å². The summed E-state index contributed by atoms with van der Waals surface area (Å²) in [6, 6.07) is 0.514. The molecule has 1 aliphatic rings. The second kappa shape index (κ2) is 6.94. The number of ether oxygens (including phenoxy) is 1. The van der Waals surface area contributed by atoms with E-state index in [-0.39, 0.29) is 0 Å². The highest BCUT2D eigenvalue weighted by Gasteiger charge is 2.24. The molecule has 1 unspecified atom stereocenters. The van der Waals surface area contributed by atoms with Crippen molar-refractivity contribution >= 4 is 5.95 Å². The van der Waals surface area contributed by atoms with Gasteiger partial charge in [0.2, 0.25) is 5.95 Å². The van der Waals surface area contributed by atoms with Crippen molar-refractivity contribution in [3.05, 3.63) is 11.9 Å². The molecule has 1 fully saturated rings. The van der Waals surface area contributed by atoms with Gasteiger partial charge >= 0.3 is 0 Å². The van der Waals surface area contributed by atoms with E-state index in [9.17, 15) is 0 Å². The maximum Gasteiger partial charge on any atom is 0.203 e. The standard InChI is InChI=1S/C15H27N3O/c1-4-19-9-5-8-18-11-13(3)17-15(18)16-12(2)10-14-6-7-14/h11-12,14H,4-10H2,1-3H3,(H,16,17). The van der Waals surface area contributed by atoms with Gasteiger partial charge < -0.3 is 14.6 Å². The highest BCUT2D eigenvalue weighted by atomic mass is 16.5. The van der Waals surface area contributed by atoms with Crippen molar-refractivity contribution in [2.75, 3.05) is 18.5 Å². The molecule has 4 heteroatoms. The fourth-order valence-electron chi connectivity index (χ4n) is 2.45. The molecule has 0 aliphatic heterocycles. The van der Waals surface area contributed by atoms with E-state index in [2.05, 4.69) is 34.9 Å². The van der Waals surface area contributed by atoms with Crippen LogP contribution in [0.2, 0.25) is 0 Å². The molecule has 0 radical (unpaired) electrons. The van der Waals surface area contributed by atoms with E-state index in [0.717, 1.165) is 43.7 Å². The zero-order chi connectivity index (χ0) is 13.7. The second-order valence-electron chi connectivity index (χ2n) is 5.67. The number of rotatable bonds is 9. The molecule has 2 rings (SSSR count). The van der Waals surface area contributed by atoms with Crippen LogP contribution in [0.4, 0.5) is 5.95 Å². The van der Waals surface area contributed by atoms with Crippen LogP contribution in [0.5, 0.6) is 0 Å². The van der Waals surface area contributed by atoms with Crippen LogP contribution in [0.1, 0.15) is 45.2 Å². The lowest BCUT2D eigenvalue weighted by atomic mass is 10.2. The summed E-state index contributed by atoms with van der Waals surface area (Å²) in [7, 11) is 0. The lowest BCUT2D eigenvalue weighted by molar-refractivity contribution is 0.142. The molecule has 1 aromatic rings. The summed E-state index contributed by atoms with van der Waals surface area (Å²) in [6.07, 6.45) is 7.25. The highest BCUT2D eigenvalue weighted by Crippen LogP contribution is 2.34. The second-order valence-corrected chi connectivity index (χ2v) is 5.67. The van der Waals surface area contributed by atoms with Gasteiger partial charge in [0.15, 0.2) is 0 Å². The highest BCUT2D eigenvalue weighted by molar-refractivity contribution is 5.30. The maximum absolute atomic E-state index is 5.39. The molecule has 19 heavy (non-hydrogen) atoms. The smallest absolute Gasteiger partial charge is 0.203 e. The average Bonchev–Trinajstić information content (AvgIpc) is 3.09. The van der Waals surface area contributed by atoms with Crippen molar-refractivity contribution in [1.29, 1.82) is 0 Å². The Morgan fingerprint density at radius 3 is 3.00 bits per heavy atom. The number of hydrogen-bond acceptors (Lipinski definition) is 3. The maximum atomic E-state index is 5.39. The lowest BCUT2D eigenvalue weighted by Crippen LogP contribution is -2.19. The molecule has 0 spiro atoms. The average molecular weight is 265 g/mol. The number of anilines is 1. The first kappa shape index (κ1) is 14.4. The normalized spacial score (nSPS) is 16.6. The predicted octanol–water partition coefficient (Wildman–Crippen LogP) is 3.22. The Hall–Kier alpha value is -1.03. The molecule has 0 bridgehead atoms. The van der Waals surface area contributed by atoms with E-state index in [1.165, 1.54) is 19.3 Å². The van der Waals surface area contributed by atoms with Gasteiger partial charge in [-0.25, -0.2) is 4.98 Å². The van der Waals surface area contributed by atoms with Crippen molar-refractivity contribution in [3.8, 4) is 0 Å². The Morgan fingerprint density at radius 1 is 1.53 bits per heavy atom. The Bertz CT molecular complexity index is 385. The molecule has 1 heterocycles. The number of imidazole rings is 1. The third-order valence-electron chi connectivity index (χ3n) is 3.55. The van der Waals surface area contributed by atoms with Crippen molar-refractivity contribution in [2.45, 2.75) is 59.0 Å². The third-order valence-corrected chi connectivity index (χ3v) is 3.55. The molecule has 1 aliphatic carbocycles. The van der Waals surface area contributed by atoms with E-state index < -0.39 is 0 Å². The topological polar surface area (TPSA) is 39.1 Å². The van der Waals surface area contributed by atoms with Gasteiger partial charge in [0.1, 0.15) is 0 Å². The van der Waals surface area contributed by atoms with E-state index in [1.807, 2.05) is 6.92 Å². The summed E-state index contributed by atoms with van der Waals surface area (Å²) >= 11 is 0. The monoisotopic (exact) mass is 265 g/mol. The zero-order valence-corrected chi connectivity index (χ0v) is 12.5. The van der Waals surface area contributed by atoms with Crippen LogP contribution in [0.25, 0.3) is 0 Å². The SMILES string of the molecule is CCOCCCn1cc(C)nc1NC(C)CC1CC1.